The molecule has 0 aliphatic carbocycles. The van der Waals surface area contributed by atoms with Crippen LogP contribution in [0.25, 0.3) is 16.6 Å². The van der Waals surface area contributed by atoms with Crippen LogP contribution in [0.5, 0.6) is 17.2 Å². The van der Waals surface area contributed by atoms with E-state index in [2.05, 4.69) is 4.85 Å². The maximum absolute atomic E-state index is 7.51. The number of benzene rings is 2. The van der Waals surface area contributed by atoms with Gasteiger partial charge in [-0.15, -0.1) is 0 Å². The summed E-state index contributed by atoms with van der Waals surface area (Å²) < 4.78 is 16.0. The van der Waals surface area contributed by atoms with Gasteiger partial charge in [0, 0.05) is 5.69 Å². The van der Waals surface area contributed by atoms with Crippen LogP contribution in [0.2, 0.25) is 0 Å². The highest BCUT2D eigenvalue weighted by atomic mass is 16.5. The summed E-state index contributed by atoms with van der Waals surface area (Å²) in [6.07, 6.45) is 1.78. The van der Waals surface area contributed by atoms with E-state index in [1.54, 1.807) is 39.5 Å². The highest BCUT2D eigenvalue weighted by Gasteiger charge is 2.15. The summed E-state index contributed by atoms with van der Waals surface area (Å²) in [7, 11) is 4.63. The highest BCUT2D eigenvalue weighted by molar-refractivity contribution is 5.87. The molecule has 0 heterocycles. The number of hydrogen-bond acceptors (Lipinski definition) is 4. The van der Waals surface area contributed by atoms with Crippen LogP contribution in [0.1, 0.15) is 16.7 Å². The van der Waals surface area contributed by atoms with Crippen molar-refractivity contribution >= 4 is 17.5 Å². The molecule has 0 bridgehead atoms. The first-order valence-electron chi connectivity index (χ1n) is 7.29. The Bertz CT molecular complexity index is 795. The van der Waals surface area contributed by atoms with Gasteiger partial charge in [0.05, 0.1) is 27.9 Å². The summed E-state index contributed by atoms with van der Waals surface area (Å²) in [5.74, 6) is 1.50. The Morgan fingerprint density at radius 1 is 1.04 bits per heavy atom. The maximum atomic E-state index is 7.51. The molecule has 2 aromatic carbocycles. The van der Waals surface area contributed by atoms with Crippen LogP contribution >= 0.6 is 0 Å². The minimum Gasteiger partial charge on any atom is -0.493 e. The molecule has 0 aromatic heterocycles. The largest absolute Gasteiger partial charge is 0.493 e. The molecule has 24 heavy (non-hydrogen) atoms. The summed E-state index contributed by atoms with van der Waals surface area (Å²) in [5, 5.41) is 0. The fourth-order valence-corrected chi connectivity index (χ4v) is 2.32. The first-order chi connectivity index (χ1) is 11.5. The maximum Gasteiger partial charge on any atom is 0.203 e. The zero-order chi connectivity index (χ0) is 17.7. The topological polar surface area (TPSA) is 58.1 Å². The van der Waals surface area contributed by atoms with Crippen LogP contribution in [0, 0.1) is 13.5 Å². The molecular weight excluding hydrogens is 304 g/mol. The molecule has 0 saturated carbocycles. The monoisotopic (exact) mass is 324 g/mol. The molecule has 0 radical (unpaired) electrons. The van der Waals surface area contributed by atoms with Crippen LogP contribution < -0.4 is 19.9 Å². The van der Waals surface area contributed by atoms with E-state index in [1.165, 1.54) is 0 Å². The molecule has 2 aromatic rings. The number of nitrogens with two attached hydrogens (primary N) is 1. The van der Waals surface area contributed by atoms with E-state index in [9.17, 15) is 0 Å². The minimum absolute atomic E-state index is 0.456. The number of aryl methyl sites for hydroxylation is 1. The second-order valence-electron chi connectivity index (χ2n) is 5.17. The van der Waals surface area contributed by atoms with Crippen molar-refractivity contribution in [1.29, 1.82) is 0 Å². The molecule has 2 N–H and O–H groups in total. The third-order valence-corrected chi connectivity index (χ3v) is 3.69. The smallest absolute Gasteiger partial charge is 0.203 e. The van der Waals surface area contributed by atoms with Gasteiger partial charge in [0.15, 0.2) is 17.2 Å². The minimum atomic E-state index is 0.456. The molecule has 2 rings (SSSR count). The number of hydrogen-bond donors (Lipinski definition) is 1. The molecule has 5 heteroatoms. The van der Waals surface area contributed by atoms with Crippen LogP contribution in [0.15, 0.2) is 30.3 Å². The molecule has 124 valence electrons. The lowest BCUT2D eigenvalue weighted by Gasteiger charge is -2.14. The molecular formula is C19H20N2O3. The second kappa shape index (κ2) is 7.42. The van der Waals surface area contributed by atoms with Gasteiger partial charge in [-0.05, 0) is 47.9 Å². The molecule has 0 aliphatic heterocycles. The molecule has 5 nitrogen and oxygen atoms in total. The van der Waals surface area contributed by atoms with Crippen molar-refractivity contribution in [1.82, 2.24) is 0 Å². The first-order valence-corrected chi connectivity index (χ1v) is 7.29. The first kappa shape index (κ1) is 17.2. The van der Waals surface area contributed by atoms with Gasteiger partial charge in [0.1, 0.15) is 0 Å². The van der Waals surface area contributed by atoms with Crippen molar-refractivity contribution in [2.45, 2.75) is 6.92 Å². The van der Waals surface area contributed by atoms with E-state index in [-0.39, 0.29) is 0 Å². The third-order valence-electron chi connectivity index (χ3n) is 3.69. The Balaban J connectivity index is 2.56. The van der Waals surface area contributed by atoms with Crippen molar-refractivity contribution in [2.24, 2.45) is 0 Å². The van der Waals surface area contributed by atoms with Crippen LogP contribution in [-0.2, 0) is 0 Å². The molecule has 0 amide bonds. The number of methoxy groups -OCH3 is 3. The number of nitrogen functional groups attached to an aromatic ring is 1. The summed E-state index contributed by atoms with van der Waals surface area (Å²) in [5.41, 5.74) is 9.63. The number of ether oxygens (including phenoxy) is 3. The average molecular weight is 324 g/mol. The molecule has 0 unspecified atom stereocenters. The van der Waals surface area contributed by atoms with Gasteiger partial charge >= 0.3 is 0 Å². The lowest BCUT2D eigenvalue weighted by Crippen LogP contribution is -1.96. The Labute approximate surface area is 142 Å². The van der Waals surface area contributed by atoms with Crippen molar-refractivity contribution in [3.63, 3.8) is 0 Å². The van der Waals surface area contributed by atoms with E-state index >= 15 is 0 Å². The second-order valence-corrected chi connectivity index (χ2v) is 5.17. The van der Waals surface area contributed by atoms with Gasteiger partial charge in [-0.2, -0.15) is 0 Å². The van der Waals surface area contributed by atoms with Crippen molar-refractivity contribution in [3.8, 4) is 17.2 Å². The average Bonchev–Trinajstić information content (AvgIpc) is 2.61. The lowest BCUT2D eigenvalue weighted by atomic mass is 10.1. The predicted octanol–water partition coefficient (Wildman–Crippen LogP) is 4.02. The zero-order valence-corrected chi connectivity index (χ0v) is 14.2. The number of nitrogens with zero attached hydrogens (tertiary/aromatic N) is 1. The number of anilines is 1. The Hall–Kier alpha value is -3.13. The zero-order valence-electron chi connectivity index (χ0n) is 14.2. The van der Waals surface area contributed by atoms with Crippen LogP contribution in [-0.4, -0.2) is 21.3 Å². The van der Waals surface area contributed by atoms with E-state index in [4.69, 9.17) is 26.5 Å². The summed E-state index contributed by atoms with van der Waals surface area (Å²) in [6.45, 7) is 9.45. The summed E-state index contributed by atoms with van der Waals surface area (Å²) in [4.78, 5) is 3.63. The normalized spacial score (nSPS) is 10.9. The Morgan fingerprint density at radius 3 is 2.12 bits per heavy atom. The molecule has 0 aliphatic rings. The van der Waals surface area contributed by atoms with Gasteiger partial charge < -0.3 is 19.9 Å². The lowest BCUT2D eigenvalue weighted by molar-refractivity contribution is 0.324. The highest BCUT2D eigenvalue weighted by Crippen LogP contribution is 2.40. The molecule has 0 saturated heterocycles. The standard InChI is InChI=1S/C19H20N2O3/c1-12-6-7-13(8-15(12)20)9-16(21-2)14-10-17(22-3)19(24-5)18(11-14)23-4/h6-11H,20H2,1,3-5H3/b16-9+. The van der Waals surface area contributed by atoms with E-state index in [1.807, 2.05) is 25.1 Å². The Morgan fingerprint density at radius 2 is 1.67 bits per heavy atom. The predicted molar refractivity (Wildman–Crippen MR) is 96.2 cm³/mol. The van der Waals surface area contributed by atoms with Gasteiger partial charge in [-0.1, -0.05) is 12.1 Å². The van der Waals surface area contributed by atoms with Gasteiger partial charge in [-0.25, -0.2) is 4.85 Å². The van der Waals surface area contributed by atoms with E-state index in [0.717, 1.165) is 11.1 Å². The van der Waals surface area contributed by atoms with Gasteiger partial charge in [0.2, 0.25) is 5.75 Å². The van der Waals surface area contributed by atoms with Gasteiger partial charge in [-0.3, -0.25) is 0 Å². The molecule has 0 atom stereocenters. The van der Waals surface area contributed by atoms with Gasteiger partial charge in [0.25, 0.3) is 0 Å². The van der Waals surface area contributed by atoms with Crippen molar-refractivity contribution < 1.29 is 14.2 Å². The SMILES string of the molecule is [C-]#[N+]/C(=C/c1ccc(C)c(N)c1)c1cc(OC)c(OC)c(OC)c1. The summed E-state index contributed by atoms with van der Waals surface area (Å²) in [6, 6.07) is 9.21. The Kier molecular flexibility index (Phi) is 5.33. The fourth-order valence-electron chi connectivity index (χ4n) is 2.32. The van der Waals surface area contributed by atoms with E-state index < -0.39 is 0 Å². The third kappa shape index (κ3) is 3.44. The van der Waals surface area contributed by atoms with Crippen molar-refractivity contribution in [3.05, 3.63) is 58.4 Å². The molecule has 0 fully saturated rings. The van der Waals surface area contributed by atoms with Crippen molar-refractivity contribution in [2.75, 3.05) is 27.1 Å². The quantitative estimate of drug-likeness (QED) is 0.513. The molecule has 0 spiro atoms. The van der Waals surface area contributed by atoms with Crippen LogP contribution in [0.4, 0.5) is 5.69 Å². The van der Waals surface area contributed by atoms with Crippen LogP contribution in [0.3, 0.4) is 0 Å². The van der Waals surface area contributed by atoms with E-state index in [0.29, 0.717) is 34.2 Å². The fraction of sp³-hybridized carbons (Fsp3) is 0.211. The summed E-state index contributed by atoms with van der Waals surface area (Å²) >= 11 is 0. The number of rotatable bonds is 5.